The minimum absolute atomic E-state index is 0.307. The second-order valence-corrected chi connectivity index (χ2v) is 2.75. The summed E-state index contributed by atoms with van der Waals surface area (Å²) in [6.07, 6.45) is 0.741. The van der Waals surface area contributed by atoms with Crippen molar-refractivity contribution < 1.29 is 14.0 Å². The third kappa shape index (κ3) is 1.51. The Hall–Kier alpha value is 0.0200. The van der Waals surface area contributed by atoms with Gasteiger partial charge in [-0.3, -0.25) is 0 Å². The van der Waals surface area contributed by atoms with E-state index in [0.29, 0.717) is 19.5 Å². The molecule has 0 atom stereocenters. The maximum Gasteiger partial charge on any atom is 0.395 e. The molecule has 1 heterocycles. The molecule has 4 heteroatoms. The van der Waals surface area contributed by atoms with E-state index in [1.54, 1.807) is 0 Å². The van der Waals surface area contributed by atoms with Crippen LogP contribution in [0.2, 0.25) is 0 Å². The van der Waals surface area contributed by atoms with Gasteiger partial charge in [-0.25, -0.2) is 0 Å². The van der Waals surface area contributed by atoms with Crippen LogP contribution >= 0.6 is 7.80 Å². The Kier molecular flexibility index (Phi) is 1.74. The van der Waals surface area contributed by atoms with E-state index in [4.69, 9.17) is 0 Å². The Labute approximate surface area is 42.4 Å². The van der Waals surface area contributed by atoms with Gasteiger partial charge in [-0.05, 0) is 0 Å². The first-order valence-corrected chi connectivity index (χ1v) is 3.60. The van der Waals surface area contributed by atoms with Gasteiger partial charge < -0.3 is 9.47 Å². The first-order chi connectivity index (χ1) is 3.39. The minimum atomic E-state index is -1.19. The highest BCUT2D eigenvalue weighted by atomic mass is 31.1. The van der Waals surface area contributed by atoms with Crippen LogP contribution in [0.3, 0.4) is 0 Å². The van der Waals surface area contributed by atoms with E-state index in [0.717, 1.165) is 0 Å². The van der Waals surface area contributed by atoms with Crippen LogP contribution in [0.25, 0.3) is 0 Å². The highest BCUT2D eigenvalue weighted by Gasteiger charge is 2.19. The van der Waals surface area contributed by atoms with E-state index in [1.807, 2.05) is 0 Å². The molecule has 40 valence electrons. The molecule has 0 radical (unpaired) electrons. The fourth-order valence-corrected chi connectivity index (χ4v) is 1.01. The fraction of sp³-hybridized carbons (Fsp3) is 1.00. The summed E-state index contributed by atoms with van der Waals surface area (Å²) >= 11 is 0. The Morgan fingerprint density at radius 3 is 2.14 bits per heavy atom. The molecule has 1 saturated heterocycles. The topological polar surface area (TPSA) is 35.5 Å². The summed E-state index contributed by atoms with van der Waals surface area (Å²) in [5, 5.41) is 0. The molecule has 1 aliphatic rings. The van der Waals surface area contributed by atoms with Crippen LogP contribution in [0.15, 0.2) is 0 Å². The maximum atomic E-state index is 10.4. The smallest absolute Gasteiger partial charge is 0.310 e. The standard InChI is InChI=1S/C3H6O3P/c4-7-2-5-1-6-3-7/h1-3H2/q+1. The lowest BCUT2D eigenvalue weighted by Gasteiger charge is -2.00. The van der Waals surface area contributed by atoms with Crippen molar-refractivity contribution in [3.05, 3.63) is 0 Å². The quantitative estimate of drug-likeness (QED) is 0.443. The monoisotopic (exact) mass is 121 g/mol. The molecule has 0 aliphatic carbocycles. The van der Waals surface area contributed by atoms with Gasteiger partial charge >= 0.3 is 7.80 Å². The van der Waals surface area contributed by atoms with E-state index >= 15 is 0 Å². The zero-order valence-electron chi connectivity index (χ0n) is 3.79. The lowest BCUT2D eigenvalue weighted by atomic mass is 11.3. The summed E-state index contributed by atoms with van der Waals surface area (Å²) in [7, 11) is -1.19. The molecule has 1 rings (SSSR count). The third-order valence-corrected chi connectivity index (χ3v) is 1.58. The van der Waals surface area contributed by atoms with Gasteiger partial charge in [-0.15, -0.1) is 0 Å². The van der Waals surface area contributed by atoms with Crippen LogP contribution in [0, 0.1) is 0 Å². The average Bonchev–Trinajstić information content (AvgIpc) is 1.69. The average molecular weight is 121 g/mol. The summed E-state index contributed by atoms with van der Waals surface area (Å²) in [5.74, 6) is 0. The Bertz CT molecular complexity index is 74.2. The van der Waals surface area contributed by atoms with Gasteiger partial charge in [0.05, 0.1) is 0 Å². The van der Waals surface area contributed by atoms with E-state index in [1.165, 1.54) is 0 Å². The van der Waals surface area contributed by atoms with Gasteiger partial charge in [0, 0.05) is 0 Å². The van der Waals surface area contributed by atoms with Crippen LogP contribution in [0.5, 0.6) is 0 Å². The number of hydrogen-bond acceptors (Lipinski definition) is 3. The highest BCUT2D eigenvalue weighted by Crippen LogP contribution is 2.22. The molecule has 0 aromatic carbocycles. The van der Waals surface area contributed by atoms with E-state index < -0.39 is 7.80 Å². The van der Waals surface area contributed by atoms with Crippen molar-refractivity contribution in [2.75, 3.05) is 19.5 Å². The SMILES string of the molecule is O=[P+]1COCOC1. The Morgan fingerprint density at radius 2 is 1.86 bits per heavy atom. The summed E-state index contributed by atoms with van der Waals surface area (Å²) in [6.45, 7) is 0.307. The van der Waals surface area contributed by atoms with Gasteiger partial charge in [-0.1, -0.05) is 4.57 Å². The summed E-state index contributed by atoms with van der Waals surface area (Å²) < 4.78 is 19.7. The second kappa shape index (κ2) is 2.36. The molecule has 0 aromatic rings. The van der Waals surface area contributed by atoms with Crippen LogP contribution in [0.1, 0.15) is 0 Å². The number of rotatable bonds is 0. The largest absolute Gasteiger partial charge is 0.395 e. The molecular weight excluding hydrogens is 115 g/mol. The number of hydrogen-bond donors (Lipinski definition) is 0. The van der Waals surface area contributed by atoms with Crippen molar-refractivity contribution in [2.24, 2.45) is 0 Å². The van der Waals surface area contributed by atoms with E-state index in [9.17, 15) is 4.57 Å². The van der Waals surface area contributed by atoms with Crippen molar-refractivity contribution in [1.29, 1.82) is 0 Å². The molecular formula is C3H6O3P+. The molecule has 0 aromatic heterocycles. The molecule has 0 N–H and O–H groups in total. The minimum Gasteiger partial charge on any atom is -0.310 e. The van der Waals surface area contributed by atoms with E-state index in [2.05, 4.69) is 9.47 Å². The number of ether oxygens (including phenoxy) is 2. The molecule has 0 amide bonds. The zero-order chi connectivity index (χ0) is 5.11. The second-order valence-electron chi connectivity index (χ2n) is 1.27. The summed E-state index contributed by atoms with van der Waals surface area (Å²) in [5.41, 5.74) is 0. The van der Waals surface area contributed by atoms with Crippen molar-refractivity contribution >= 4 is 7.80 Å². The Balaban J connectivity index is 2.25. The lowest BCUT2D eigenvalue weighted by molar-refractivity contribution is -0.0360. The molecule has 0 spiro atoms. The van der Waals surface area contributed by atoms with Gasteiger partial charge in [0.1, 0.15) is 0 Å². The van der Waals surface area contributed by atoms with Crippen LogP contribution in [-0.2, 0) is 14.0 Å². The molecule has 7 heavy (non-hydrogen) atoms. The fourth-order valence-electron chi connectivity index (χ4n) is 0.374. The lowest BCUT2D eigenvalue weighted by Crippen LogP contribution is -2.06. The predicted octanol–water partition coefficient (Wildman–Crippen LogP) is 0.733. The molecule has 3 nitrogen and oxygen atoms in total. The summed E-state index contributed by atoms with van der Waals surface area (Å²) in [4.78, 5) is 0. The van der Waals surface area contributed by atoms with Gasteiger partial charge in [0.25, 0.3) is 0 Å². The van der Waals surface area contributed by atoms with E-state index in [-0.39, 0.29) is 0 Å². The van der Waals surface area contributed by atoms with Crippen molar-refractivity contribution in [3.8, 4) is 0 Å². The normalized spacial score (nSPS) is 22.6. The Morgan fingerprint density at radius 1 is 1.29 bits per heavy atom. The van der Waals surface area contributed by atoms with Crippen molar-refractivity contribution in [3.63, 3.8) is 0 Å². The molecule has 1 aliphatic heterocycles. The predicted molar refractivity (Wildman–Crippen MR) is 24.4 cm³/mol. The molecule has 0 saturated carbocycles. The highest BCUT2D eigenvalue weighted by molar-refractivity contribution is 7.44. The molecule has 0 bridgehead atoms. The summed E-state index contributed by atoms with van der Waals surface area (Å²) in [6, 6.07) is 0. The molecule has 0 unspecified atom stereocenters. The van der Waals surface area contributed by atoms with Gasteiger partial charge in [-0.2, -0.15) is 0 Å². The van der Waals surface area contributed by atoms with Crippen LogP contribution < -0.4 is 0 Å². The third-order valence-electron chi connectivity index (χ3n) is 0.637. The van der Waals surface area contributed by atoms with Gasteiger partial charge in [0.15, 0.2) is 6.79 Å². The van der Waals surface area contributed by atoms with Crippen LogP contribution in [-0.4, -0.2) is 19.5 Å². The molecule has 1 fully saturated rings. The first-order valence-electron chi connectivity index (χ1n) is 1.97. The van der Waals surface area contributed by atoms with Crippen LogP contribution in [0.4, 0.5) is 0 Å². The van der Waals surface area contributed by atoms with Gasteiger partial charge in [0.2, 0.25) is 12.7 Å². The zero-order valence-corrected chi connectivity index (χ0v) is 4.69. The van der Waals surface area contributed by atoms with Crippen molar-refractivity contribution in [2.45, 2.75) is 0 Å². The first kappa shape index (κ1) is 5.16. The maximum absolute atomic E-state index is 10.4. The van der Waals surface area contributed by atoms with Crippen molar-refractivity contribution in [1.82, 2.24) is 0 Å².